The molecular weight excluding hydrogens is 220 g/mol. The third kappa shape index (κ3) is 8.72. The Bertz CT molecular complexity index is 196. The monoisotopic (exact) mass is 254 g/mol. The molecule has 0 rings (SSSR count). The Morgan fingerprint density at radius 3 is 1.28 bits per heavy atom. The van der Waals surface area contributed by atoms with Crippen LogP contribution in [-0.2, 0) is 4.79 Å². The summed E-state index contributed by atoms with van der Waals surface area (Å²) in [5, 5.41) is 0. The molecular formula is C17H34O. The van der Waals surface area contributed by atoms with E-state index in [2.05, 4.69) is 41.5 Å². The molecule has 0 aliphatic rings. The maximum atomic E-state index is 12.2. The first-order valence-corrected chi connectivity index (χ1v) is 7.88. The van der Waals surface area contributed by atoms with Gasteiger partial charge >= 0.3 is 0 Å². The van der Waals surface area contributed by atoms with Crippen LogP contribution in [0.1, 0.15) is 80.1 Å². The van der Waals surface area contributed by atoms with Crippen LogP contribution in [0.3, 0.4) is 0 Å². The van der Waals surface area contributed by atoms with Crippen LogP contribution in [0, 0.1) is 23.7 Å². The van der Waals surface area contributed by atoms with E-state index in [4.69, 9.17) is 0 Å². The summed E-state index contributed by atoms with van der Waals surface area (Å²) >= 11 is 0. The maximum absolute atomic E-state index is 12.2. The topological polar surface area (TPSA) is 17.1 Å². The van der Waals surface area contributed by atoms with Gasteiger partial charge in [0, 0.05) is 11.8 Å². The smallest absolute Gasteiger partial charge is 0.138 e. The highest BCUT2D eigenvalue weighted by atomic mass is 16.1. The molecule has 1 heteroatoms. The van der Waals surface area contributed by atoms with E-state index in [0.717, 1.165) is 24.7 Å². The van der Waals surface area contributed by atoms with E-state index < -0.39 is 0 Å². The zero-order valence-corrected chi connectivity index (χ0v) is 13.5. The second kappa shape index (κ2) is 9.58. The Labute approximate surface area is 115 Å². The predicted molar refractivity (Wildman–Crippen MR) is 80.7 cm³/mol. The molecule has 18 heavy (non-hydrogen) atoms. The van der Waals surface area contributed by atoms with Gasteiger partial charge in [0.1, 0.15) is 5.78 Å². The fraction of sp³-hybridized carbons (Fsp3) is 0.941. The lowest BCUT2D eigenvalue weighted by molar-refractivity contribution is -0.126. The second-order valence-electron chi connectivity index (χ2n) is 6.85. The molecule has 0 aromatic heterocycles. The van der Waals surface area contributed by atoms with Gasteiger partial charge in [-0.2, -0.15) is 0 Å². The van der Waals surface area contributed by atoms with E-state index in [1.165, 1.54) is 25.7 Å². The summed E-state index contributed by atoms with van der Waals surface area (Å²) in [5.41, 5.74) is 0. The van der Waals surface area contributed by atoms with Crippen molar-refractivity contribution in [3.05, 3.63) is 0 Å². The first-order chi connectivity index (χ1) is 8.34. The third-order valence-corrected chi connectivity index (χ3v) is 3.81. The first kappa shape index (κ1) is 17.7. The van der Waals surface area contributed by atoms with Crippen LogP contribution >= 0.6 is 0 Å². The van der Waals surface area contributed by atoms with Crippen LogP contribution < -0.4 is 0 Å². The zero-order valence-electron chi connectivity index (χ0n) is 13.5. The molecule has 0 fully saturated rings. The number of carbonyl (C=O) groups excluding carboxylic acids is 1. The van der Waals surface area contributed by atoms with E-state index in [1.54, 1.807) is 0 Å². The molecule has 1 nitrogen and oxygen atoms in total. The number of ketones is 1. The highest BCUT2D eigenvalue weighted by Crippen LogP contribution is 2.20. The van der Waals surface area contributed by atoms with Crippen molar-refractivity contribution in [3.63, 3.8) is 0 Å². The van der Waals surface area contributed by atoms with Crippen molar-refractivity contribution < 1.29 is 4.79 Å². The molecule has 0 N–H and O–H groups in total. The molecule has 2 atom stereocenters. The van der Waals surface area contributed by atoms with Crippen LogP contribution in [0.4, 0.5) is 0 Å². The lowest BCUT2D eigenvalue weighted by Gasteiger charge is -2.17. The molecule has 0 aromatic carbocycles. The van der Waals surface area contributed by atoms with Crippen LogP contribution in [0.15, 0.2) is 0 Å². The van der Waals surface area contributed by atoms with Gasteiger partial charge in [-0.15, -0.1) is 0 Å². The minimum absolute atomic E-state index is 0.262. The summed E-state index contributed by atoms with van der Waals surface area (Å²) < 4.78 is 0. The number of carbonyl (C=O) groups is 1. The molecule has 108 valence electrons. The van der Waals surface area contributed by atoms with Crippen molar-refractivity contribution in [2.75, 3.05) is 0 Å². The minimum Gasteiger partial charge on any atom is -0.299 e. The van der Waals surface area contributed by atoms with Crippen LogP contribution in [0.2, 0.25) is 0 Å². The average Bonchev–Trinajstić information content (AvgIpc) is 2.26. The number of rotatable bonds is 10. The first-order valence-electron chi connectivity index (χ1n) is 7.88. The van der Waals surface area contributed by atoms with Crippen LogP contribution in [0.25, 0.3) is 0 Å². The zero-order chi connectivity index (χ0) is 14.1. The predicted octanol–water partition coefficient (Wildman–Crippen LogP) is 5.48. The fourth-order valence-corrected chi connectivity index (χ4v) is 2.43. The molecule has 0 aliphatic carbocycles. The third-order valence-electron chi connectivity index (χ3n) is 3.81. The summed E-state index contributed by atoms with van der Waals surface area (Å²) in [5.74, 6) is 2.53. The van der Waals surface area contributed by atoms with Gasteiger partial charge in [-0.1, -0.05) is 67.2 Å². The quantitative estimate of drug-likeness (QED) is 0.504. The molecule has 0 saturated carbocycles. The fourth-order valence-electron chi connectivity index (χ4n) is 2.43. The van der Waals surface area contributed by atoms with Gasteiger partial charge in [0.05, 0.1) is 0 Å². The van der Waals surface area contributed by atoms with E-state index >= 15 is 0 Å². The highest BCUT2D eigenvalue weighted by Gasteiger charge is 2.19. The molecule has 0 spiro atoms. The van der Waals surface area contributed by atoms with Crippen molar-refractivity contribution in [3.8, 4) is 0 Å². The number of hydrogen-bond donors (Lipinski definition) is 0. The molecule has 2 unspecified atom stereocenters. The van der Waals surface area contributed by atoms with E-state index in [-0.39, 0.29) is 11.8 Å². The van der Waals surface area contributed by atoms with Crippen molar-refractivity contribution in [2.45, 2.75) is 80.1 Å². The highest BCUT2D eigenvalue weighted by molar-refractivity contribution is 5.82. The number of Topliss-reactive ketones (excluding diaryl/α,β-unsaturated/α-hetero) is 1. The summed E-state index contributed by atoms with van der Waals surface area (Å²) in [4.78, 5) is 12.2. The molecule has 0 heterocycles. The van der Waals surface area contributed by atoms with E-state index in [9.17, 15) is 4.79 Å². The molecule has 0 aliphatic heterocycles. The number of hydrogen-bond acceptors (Lipinski definition) is 1. The Hall–Kier alpha value is -0.330. The molecule has 0 radical (unpaired) electrons. The van der Waals surface area contributed by atoms with Crippen molar-refractivity contribution >= 4 is 5.78 Å². The summed E-state index contributed by atoms with van der Waals surface area (Å²) in [6, 6.07) is 0. The van der Waals surface area contributed by atoms with Crippen molar-refractivity contribution in [2.24, 2.45) is 23.7 Å². The van der Waals surface area contributed by atoms with Gasteiger partial charge in [-0.25, -0.2) is 0 Å². The second-order valence-corrected chi connectivity index (χ2v) is 6.85. The lowest BCUT2D eigenvalue weighted by atomic mass is 9.87. The Balaban J connectivity index is 3.82. The van der Waals surface area contributed by atoms with E-state index in [0.29, 0.717) is 5.78 Å². The van der Waals surface area contributed by atoms with Gasteiger partial charge in [0.15, 0.2) is 0 Å². The normalized spacial score (nSPS) is 15.1. The molecule has 0 saturated heterocycles. The standard InChI is InChI=1S/C17H34O/c1-13(2)9-7-11-15(5)17(18)16(6)12-8-10-14(3)4/h13-16H,7-12H2,1-6H3. The van der Waals surface area contributed by atoms with E-state index in [1.807, 2.05) is 0 Å². The van der Waals surface area contributed by atoms with Crippen molar-refractivity contribution in [1.82, 2.24) is 0 Å². The Morgan fingerprint density at radius 2 is 1.00 bits per heavy atom. The van der Waals surface area contributed by atoms with Gasteiger partial charge in [0.25, 0.3) is 0 Å². The molecule has 0 bridgehead atoms. The van der Waals surface area contributed by atoms with Gasteiger partial charge < -0.3 is 0 Å². The Morgan fingerprint density at radius 1 is 0.667 bits per heavy atom. The van der Waals surface area contributed by atoms with Gasteiger partial charge in [-0.3, -0.25) is 4.79 Å². The largest absolute Gasteiger partial charge is 0.299 e. The van der Waals surface area contributed by atoms with Crippen molar-refractivity contribution in [1.29, 1.82) is 0 Å². The van der Waals surface area contributed by atoms with Gasteiger partial charge in [0.2, 0.25) is 0 Å². The maximum Gasteiger partial charge on any atom is 0.138 e. The summed E-state index contributed by atoms with van der Waals surface area (Å²) in [6.07, 6.45) is 7.04. The molecule has 0 amide bonds. The van der Waals surface area contributed by atoms with Crippen LogP contribution in [0.5, 0.6) is 0 Å². The average molecular weight is 254 g/mol. The summed E-state index contributed by atoms with van der Waals surface area (Å²) in [7, 11) is 0. The molecule has 0 aromatic rings. The summed E-state index contributed by atoms with van der Waals surface area (Å²) in [6.45, 7) is 13.2. The van der Waals surface area contributed by atoms with Gasteiger partial charge in [-0.05, 0) is 24.7 Å². The minimum atomic E-state index is 0.262. The lowest BCUT2D eigenvalue weighted by Crippen LogP contribution is -2.19. The Kier molecular flexibility index (Phi) is 9.40. The SMILES string of the molecule is CC(C)CCCC(C)C(=O)C(C)CCCC(C)C. The van der Waals surface area contributed by atoms with Crippen LogP contribution in [-0.4, -0.2) is 5.78 Å².